The molecule has 0 saturated carbocycles. The molecule has 0 atom stereocenters. The summed E-state index contributed by atoms with van der Waals surface area (Å²) in [6.45, 7) is 2.29. The van der Waals surface area contributed by atoms with Gasteiger partial charge in [-0.3, -0.25) is 24.1 Å². The van der Waals surface area contributed by atoms with Gasteiger partial charge in [0, 0.05) is 30.6 Å². The molecule has 0 aromatic heterocycles. The van der Waals surface area contributed by atoms with Crippen LogP contribution in [0.2, 0.25) is 0 Å². The first-order chi connectivity index (χ1) is 14.0. The molecular weight excluding hydrogens is 374 g/mol. The van der Waals surface area contributed by atoms with Crippen LogP contribution in [0.25, 0.3) is 0 Å². The van der Waals surface area contributed by atoms with Gasteiger partial charge in [0.15, 0.2) is 6.61 Å². The third kappa shape index (κ3) is 4.98. The molecule has 1 fully saturated rings. The zero-order chi connectivity index (χ0) is 20.8. The van der Waals surface area contributed by atoms with Gasteiger partial charge in [0.05, 0.1) is 5.69 Å². The quantitative estimate of drug-likeness (QED) is 0.699. The highest BCUT2D eigenvalue weighted by molar-refractivity contribution is 6.20. The second-order valence-corrected chi connectivity index (χ2v) is 6.39. The summed E-state index contributed by atoms with van der Waals surface area (Å²) in [6, 6.07) is 12.9. The van der Waals surface area contributed by atoms with E-state index in [1.54, 1.807) is 48.5 Å². The summed E-state index contributed by atoms with van der Waals surface area (Å²) >= 11 is 0. The molecular formula is C21H21N3O5. The van der Waals surface area contributed by atoms with E-state index in [2.05, 4.69) is 10.6 Å². The Labute approximate surface area is 167 Å². The van der Waals surface area contributed by atoms with Gasteiger partial charge in [0.2, 0.25) is 11.8 Å². The van der Waals surface area contributed by atoms with Gasteiger partial charge in [-0.2, -0.15) is 0 Å². The zero-order valence-electron chi connectivity index (χ0n) is 15.9. The largest absolute Gasteiger partial charge is 0.484 e. The molecule has 0 aliphatic carbocycles. The number of imide groups is 1. The minimum Gasteiger partial charge on any atom is -0.484 e. The Morgan fingerprint density at radius 1 is 0.966 bits per heavy atom. The highest BCUT2D eigenvalue weighted by Crippen LogP contribution is 2.23. The summed E-state index contributed by atoms with van der Waals surface area (Å²) in [5, 5.41) is 5.39. The molecule has 1 aliphatic rings. The summed E-state index contributed by atoms with van der Waals surface area (Å²) in [4.78, 5) is 48.5. The predicted molar refractivity (Wildman–Crippen MR) is 107 cm³/mol. The first-order valence-corrected chi connectivity index (χ1v) is 9.24. The Morgan fingerprint density at radius 2 is 1.59 bits per heavy atom. The van der Waals surface area contributed by atoms with E-state index in [-0.39, 0.29) is 43.1 Å². The lowest BCUT2D eigenvalue weighted by Crippen LogP contribution is -2.28. The molecule has 2 N–H and O–H groups in total. The molecule has 2 aromatic carbocycles. The van der Waals surface area contributed by atoms with Crippen molar-refractivity contribution in [2.75, 3.05) is 23.4 Å². The number of nitrogens with zero attached hydrogens (tertiary/aromatic N) is 1. The Bertz CT molecular complexity index is 906. The molecule has 29 heavy (non-hydrogen) atoms. The number of hydrogen-bond acceptors (Lipinski definition) is 5. The van der Waals surface area contributed by atoms with Crippen LogP contribution in [-0.2, 0) is 14.4 Å². The summed E-state index contributed by atoms with van der Waals surface area (Å²) < 4.78 is 5.36. The minimum absolute atomic E-state index is 0.0755. The highest BCUT2D eigenvalue weighted by atomic mass is 16.5. The maximum absolute atomic E-state index is 12.4. The van der Waals surface area contributed by atoms with Crippen LogP contribution in [-0.4, -0.2) is 36.8 Å². The fraction of sp³-hybridized carbons (Fsp3) is 0.238. The van der Waals surface area contributed by atoms with Gasteiger partial charge < -0.3 is 15.4 Å². The number of hydrogen-bond donors (Lipinski definition) is 2. The van der Waals surface area contributed by atoms with Gasteiger partial charge in [0.25, 0.3) is 11.8 Å². The Balaban J connectivity index is 1.58. The van der Waals surface area contributed by atoms with Crippen LogP contribution < -0.4 is 20.3 Å². The smallest absolute Gasteiger partial charge is 0.257 e. The second-order valence-electron chi connectivity index (χ2n) is 6.39. The van der Waals surface area contributed by atoms with Gasteiger partial charge in [-0.25, -0.2) is 0 Å². The normalized spacial score (nSPS) is 13.3. The maximum Gasteiger partial charge on any atom is 0.257 e. The molecule has 1 saturated heterocycles. The van der Waals surface area contributed by atoms with Crippen LogP contribution in [0.4, 0.5) is 11.4 Å². The lowest BCUT2D eigenvalue weighted by molar-refractivity contribution is -0.123. The van der Waals surface area contributed by atoms with Crippen molar-refractivity contribution in [1.82, 2.24) is 5.32 Å². The molecule has 0 radical (unpaired) electrons. The Morgan fingerprint density at radius 3 is 2.17 bits per heavy atom. The van der Waals surface area contributed by atoms with E-state index in [1.807, 2.05) is 6.92 Å². The number of amides is 4. The van der Waals surface area contributed by atoms with Crippen LogP contribution in [0.1, 0.15) is 30.1 Å². The third-order valence-electron chi connectivity index (χ3n) is 4.30. The molecule has 8 nitrogen and oxygen atoms in total. The molecule has 0 bridgehead atoms. The predicted octanol–water partition coefficient (Wildman–Crippen LogP) is 2.11. The fourth-order valence-electron chi connectivity index (χ4n) is 2.86. The van der Waals surface area contributed by atoms with Crippen LogP contribution >= 0.6 is 0 Å². The number of nitrogens with one attached hydrogen (secondary N) is 2. The molecule has 0 spiro atoms. The minimum atomic E-state index is -0.327. The summed E-state index contributed by atoms with van der Waals surface area (Å²) in [5.41, 5.74) is 1.42. The molecule has 0 unspecified atom stereocenters. The Hall–Kier alpha value is -3.68. The summed E-state index contributed by atoms with van der Waals surface area (Å²) in [5.74, 6) is -0.487. The molecule has 1 aliphatic heterocycles. The van der Waals surface area contributed by atoms with Crippen molar-refractivity contribution in [2.24, 2.45) is 0 Å². The number of ether oxygens (including phenoxy) is 1. The van der Waals surface area contributed by atoms with E-state index in [1.165, 1.54) is 0 Å². The van der Waals surface area contributed by atoms with E-state index in [9.17, 15) is 19.2 Å². The van der Waals surface area contributed by atoms with Crippen molar-refractivity contribution in [1.29, 1.82) is 0 Å². The lowest BCUT2D eigenvalue weighted by Gasteiger charge is -2.14. The summed E-state index contributed by atoms with van der Waals surface area (Å²) in [7, 11) is 0. The monoisotopic (exact) mass is 395 g/mol. The highest BCUT2D eigenvalue weighted by Gasteiger charge is 2.30. The second kappa shape index (κ2) is 9.01. The van der Waals surface area contributed by atoms with Crippen molar-refractivity contribution < 1.29 is 23.9 Å². The van der Waals surface area contributed by atoms with Crippen LogP contribution in [0.3, 0.4) is 0 Å². The number of rotatable bonds is 7. The van der Waals surface area contributed by atoms with E-state index >= 15 is 0 Å². The molecule has 8 heteroatoms. The molecule has 2 aromatic rings. The summed E-state index contributed by atoms with van der Waals surface area (Å²) in [6.07, 6.45) is 0.425. The topological polar surface area (TPSA) is 105 Å². The van der Waals surface area contributed by atoms with Crippen molar-refractivity contribution >= 4 is 35.0 Å². The van der Waals surface area contributed by atoms with Crippen LogP contribution in [0.15, 0.2) is 48.5 Å². The van der Waals surface area contributed by atoms with Crippen LogP contribution in [0.5, 0.6) is 5.75 Å². The molecule has 1 heterocycles. The van der Waals surface area contributed by atoms with Crippen molar-refractivity contribution in [2.45, 2.75) is 19.8 Å². The van der Waals surface area contributed by atoms with Gasteiger partial charge in [-0.15, -0.1) is 0 Å². The van der Waals surface area contributed by atoms with Crippen molar-refractivity contribution in [3.05, 3.63) is 54.1 Å². The maximum atomic E-state index is 12.4. The van der Waals surface area contributed by atoms with Gasteiger partial charge in [-0.05, 0) is 55.5 Å². The van der Waals surface area contributed by atoms with Gasteiger partial charge >= 0.3 is 0 Å². The van der Waals surface area contributed by atoms with E-state index in [4.69, 9.17) is 4.74 Å². The zero-order valence-corrected chi connectivity index (χ0v) is 15.9. The van der Waals surface area contributed by atoms with E-state index in [0.717, 1.165) is 4.90 Å². The van der Waals surface area contributed by atoms with Crippen molar-refractivity contribution in [3.8, 4) is 5.75 Å². The number of carbonyl (C=O) groups is 4. The van der Waals surface area contributed by atoms with E-state index in [0.29, 0.717) is 29.2 Å². The lowest BCUT2D eigenvalue weighted by atomic mass is 10.1. The number of benzene rings is 2. The van der Waals surface area contributed by atoms with Crippen molar-refractivity contribution in [3.63, 3.8) is 0 Å². The number of anilines is 2. The standard InChI is InChI=1S/C21H21N3O5/c1-2-22-18(25)13-29-17-9-5-15(6-10-17)23-21(28)14-3-7-16(8-4-14)24-19(26)11-12-20(24)27/h3-10H,2,11-13H2,1H3,(H,22,25)(H,23,28). The first-order valence-electron chi connectivity index (χ1n) is 9.24. The third-order valence-corrected chi connectivity index (χ3v) is 4.30. The van der Waals surface area contributed by atoms with E-state index < -0.39 is 0 Å². The number of likely N-dealkylation sites (N-methyl/N-ethyl adjacent to an activating group) is 1. The van der Waals surface area contributed by atoms with Gasteiger partial charge in [-0.1, -0.05) is 0 Å². The first kappa shape index (κ1) is 20.1. The number of carbonyl (C=O) groups excluding carboxylic acids is 4. The average molecular weight is 395 g/mol. The average Bonchev–Trinajstić information content (AvgIpc) is 3.06. The molecule has 150 valence electrons. The van der Waals surface area contributed by atoms with Gasteiger partial charge in [0.1, 0.15) is 5.75 Å². The van der Waals surface area contributed by atoms with Crippen LogP contribution in [0, 0.1) is 0 Å². The SMILES string of the molecule is CCNC(=O)COc1ccc(NC(=O)c2ccc(N3C(=O)CCC3=O)cc2)cc1. The molecule has 4 amide bonds. The molecule has 3 rings (SSSR count). The Kier molecular flexibility index (Phi) is 6.23. The fourth-order valence-corrected chi connectivity index (χ4v) is 2.86.